The molecule has 2 fully saturated rings. The fraction of sp³-hybridized carbons (Fsp3) is 0.683. The molecule has 11 nitrogen and oxygen atoms in total. The highest BCUT2D eigenvalue weighted by Gasteiger charge is 2.30. The van der Waals surface area contributed by atoms with Crippen LogP contribution in [-0.4, -0.2) is 81.3 Å². The standard InChI is InChI=1S/C35H57N5O5.C3H6S2.C2H2.CH4O/c1-8-15-27(32(42)40-30(24(3)9-2)33(43)37-23-29-18-13-14-21-36-29)19-20-28(22-26-16-11-10-12-17-26)39-31(41)25(4)38-34(44)45-35(5,6)7;1-2-5-3-4-1;2*1-2/h8,13-14,18,21,24-28,30H,1,9-12,15-17,19-20,22-23H2,2-7H3,(H,37,43)(H,38,44)(H,39,41)(H,40,42);1-3H2;1-2H;2H,1H3/t24-,25+,27?,28-,30?;;;/m1.../s1. The zero-order valence-corrected chi connectivity index (χ0v) is 35.5. The lowest BCUT2D eigenvalue weighted by Crippen LogP contribution is -2.52. The Kier molecular flexibility index (Phi) is 28.3. The Labute approximate surface area is 334 Å². The number of carbonyl (C=O) groups excluding carboxylic acids is 4. The first kappa shape index (κ1) is 50.8. The topological polar surface area (TPSA) is 159 Å². The van der Waals surface area contributed by atoms with Gasteiger partial charge in [-0.2, -0.15) is 23.5 Å². The number of allylic oxidation sites excluding steroid dienone is 1. The molecule has 1 aliphatic heterocycles. The molecular weight excluding hydrogens is 723 g/mol. The molecule has 1 aromatic rings. The number of terminal acetylenes is 1. The van der Waals surface area contributed by atoms with Crippen molar-refractivity contribution in [2.24, 2.45) is 17.8 Å². The van der Waals surface area contributed by atoms with E-state index in [1.165, 1.54) is 35.9 Å². The normalized spacial score (nSPS) is 16.6. The van der Waals surface area contributed by atoms with E-state index in [0.717, 1.165) is 38.5 Å². The Bertz CT molecular complexity index is 1210. The number of aromatic nitrogens is 1. The number of nitrogens with zero attached hydrogens (tertiary/aromatic N) is 1. The van der Waals surface area contributed by atoms with Gasteiger partial charge in [-0.1, -0.05) is 64.5 Å². The molecule has 2 unspecified atom stereocenters. The van der Waals surface area contributed by atoms with Gasteiger partial charge >= 0.3 is 6.09 Å². The number of rotatable bonds is 17. The number of thioether (sulfide) groups is 2. The fourth-order valence-corrected chi connectivity index (χ4v) is 8.32. The number of aliphatic hydroxyl groups is 1. The molecule has 1 aliphatic carbocycles. The van der Waals surface area contributed by atoms with E-state index in [4.69, 9.17) is 9.84 Å². The summed E-state index contributed by atoms with van der Waals surface area (Å²) in [7, 11) is 1.00. The summed E-state index contributed by atoms with van der Waals surface area (Å²) in [5.41, 5.74) is 0.0735. The maximum atomic E-state index is 13.6. The highest BCUT2D eigenvalue weighted by atomic mass is 32.2. The van der Waals surface area contributed by atoms with E-state index in [0.29, 0.717) is 25.2 Å². The molecule has 13 heteroatoms. The van der Waals surface area contributed by atoms with E-state index in [1.54, 1.807) is 40.0 Å². The zero-order valence-electron chi connectivity index (χ0n) is 33.9. The minimum absolute atomic E-state index is 0.0700. The highest BCUT2D eigenvalue weighted by Crippen LogP contribution is 2.29. The Morgan fingerprint density at radius 2 is 1.63 bits per heavy atom. The van der Waals surface area contributed by atoms with Gasteiger partial charge in [0.15, 0.2) is 0 Å². The summed E-state index contributed by atoms with van der Waals surface area (Å²) in [6, 6.07) is 3.91. The van der Waals surface area contributed by atoms with Gasteiger partial charge in [0, 0.05) is 41.9 Å². The monoisotopic (exact) mass is 791 g/mol. The number of carbonyl (C=O) groups is 4. The molecule has 0 spiro atoms. The summed E-state index contributed by atoms with van der Waals surface area (Å²) in [6.07, 6.45) is 19.7. The summed E-state index contributed by atoms with van der Waals surface area (Å²) in [5.74, 6) is 2.07. The SMILES string of the molecule is C#C.C1CSCS1.C=CCC(CC[C@H](CC1CCCCC1)NC(=O)[C@H](C)NC(=O)OC(C)(C)C)C(=O)NC(C(=O)NCc1ccccn1)[C@H](C)CC.CO. The van der Waals surface area contributed by atoms with Gasteiger partial charge in [-0.05, 0) is 77.3 Å². The predicted octanol–water partition coefficient (Wildman–Crippen LogP) is 6.85. The molecule has 306 valence electrons. The average molecular weight is 792 g/mol. The second-order valence-electron chi connectivity index (χ2n) is 14.5. The van der Waals surface area contributed by atoms with E-state index < -0.39 is 29.7 Å². The first-order valence-electron chi connectivity index (χ1n) is 19.1. The quantitative estimate of drug-likeness (QED) is 0.0841. The van der Waals surface area contributed by atoms with Crippen molar-refractivity contribution in [1.29, 1.82) is 0 Å². The van der Waals surface area contributed by atoms with Crippen LogP contribution in [0.3, 0.4) is 0 Å². The molecule has 5 N–H and O–H groups in total. The lowest BCUT2D eigenvalue weighted by Gasteiger charge is -2.30. The molecule has 1 saturated heterocycles. The van der Waals surface area contributed by atoms with Gasteiger partial charge in [-0.15, -0.1) is 19.4 Å². The van der Waals surface area contributed by atoms with Crippen LogP contribution in [-0.2, 0) is 25.7 Å². The molecule has 54 heavy (non-hydrogen) atoms. The Morgan fingerprint density at radius 1 is 0.981 bits per heavy atom. The second-order valence-corrected chi connectivity index (χ2v) is 17.0. The smallest absolute Gasteiger partial charge is 0.408 e. The van der Waals surface area contributed by atoms with Gasteiger partial charge in [-0.25, -0.2) is 4.79 Å². The Balaban J connectivity index is 0.00000278. The minimum atomic E-state index is -0.776. The summed E-state index contributed by atoms with van der Waals surface area (Å²) < 4.78 is 5.31. The number of pyridine rings is 1. The summed E-state index contributed by atoms with van der Waals surface area (Å²) in [6.45, 7) is 15.0. The van der Waals surface area contributed by atoms with Crippen LogP contribution in [0.15, 0.2) is 37.1 Å². The van der Waals surface area contributed by atoms with Crippen LogP contribution in [0.25, 0.3) is 0 Å². The van der Waals surface area contributed by atoms with E-state index in [9.17, 15) is 19.2 Å². The first-order valence-corrected chi connectivity index (χ1v) is 21.5. The van der Waals surface area contributed by atoms with Crippen molar-refractivity contribution in [1.82, 2.24) is 26.3 Å². The lowest BCUT2D eigenvalue weighted by molar-refractivity contribution is -0.132. The molecule has 1 aromatic heterocycles. The summed E-state index contributed by atoms with van der Waals surface area (Å²) >= 11 is 4.07. The highest BCUT2D eigenvalue weighted by molar-refractivity contribution is 8.19. The van der Waals surface area contributed by atoms with Crippen LogP contribution in [0.2, 0.25) is 0 Å². The van der Waals surface area contributed by atoms with Crippen molar-refractivity contribution in [2.45, 2.75) is 136 Å². The van der Waals surface area contributed by atoms with Crippen LogP contribution in [0, 0.1) is 30.6 Å². The number of alkyl carbamates (subject to hydrolysis) is 1. The van der Waals surface area contributed by atoms with Crippen LogP contribution in [0.5, 0.6) is 0 Å². The third-order valence-corrected chi connectivity index (χ3v) is 11.6. The maximum Gasteiger partial charge on any atom is 0.408 e. The minimum Gasteiger partial charge on any atom is -0.444 e. The van der Waals surface area contributed by atoms with Crippen molar-refractivity contribution in [2.75, 3.05) is 23.7 Å². The molecule has 0 radical (unpaired) electrons. The average Bonchev–Trinajstić information content (AvgIpc) is 3.76. The largest absolute Gasteiger partial charge is 0.444 e. The van der Waals surface area contributed by atoms with Gasteiger partial charge in [0.05, 0.1) is 12.2 Å². The van der Waals surface area contributed by atoms with Gasteiger partial charge in [0.2, 0.25) is 17.7 Å². The number of ether oxygens (including phenoxy) is 1. The Morgan fingerprint density at radius 3 is 2.15 bits per heavy atom. The van der Waals surface area contributed by atoms with Gasteiger partial charge < -0.3 is 31.1 Å². The molecule has 5 atom stereocenters. The summed E-state index contributed by atoms with van der Waals surface area (Å²) in [5, 5.41) is 20.1. The molecular formula is C41H69N5O6S2. The number of amides is 4. The van der Waals surface area contributed by atoms with Crippen molar-refractivity contribution >= 4 is 47.3 Å². The second kappa shape index (κ2) is 30.1. The number of nitrogens with one attached hydrogen (secondary N) is 4. The molecule has 3 rings (SSSR count). The zero-order chi connectivity index (χ0) is 40.9. The van der Waals surface area contributed by atoms with Gasteiger partial charge in [-0.3, -0.25) is 19.4 Å². The molecule has 0 aromatic carbocycles. The van der Waals surface area contributed by atoms with E-state index in [-0.39, 0.29) is 36.2 Å². The first-order chi connectivity index (χ1) is 25.8. The fourth-order valence-electron chi connectivity index (χ4n) is 5.97. The van der Waals surface area contributed by atoms with Crippen LogP contribution < -0.4 is 21.3 Å². The number of aliphatic hydroxyl groups excluding tert-OH is 1. The van der Waals surface area contributed by atoms with Crippen LogP contribution >= 0.6 is 23.5 Å². The molecule has 1 saturated carbocycles. The number of hydrogen-bond acceptors (Lipinski definition) is 9. The van der Waals surface area contributed by atoms with Crippen molar-refractivity contribution in [3.05, 3.63) is 42.7 Å². The lowest BCUT2D eigenvalue weighted by atomic mass is 9.83. The van der Waals surface area contributed by atoms with E-state index in [2.05, 4.69) is 45.7 Å². The maximum absolute atomic E-state index is 13.6. The predicted molar refractivity (Wildman–Crippen MR) is 225 cm³/mol. The third-order valence-electron chi connectivity index (χ3n) is 9.00. The Hall–Kier alpha value is -3.21. The molecule has 0 bridgehead atoms. The summed E-state index contributed by atoms with van der Waals surface area (Å²) in [4.78, 5) is 56.5. The van der Waals surface area contributed by atoms with E-state index >= 15 is 0 Å². The third kappa shape index (κ3) is 22.9. The number of hydrogen-bond donors (Lipinski definition) is 5. The van der Waals surface area contributed by atoms with E-state index in [1.807, 2.05) is 55.6 Å². The van der Waals surface area contributed by atoms with Crippen molar-refractivity contribution in [3.8, 4) is 12.8 Å². The molecule has 2 heterocycles. The van der Waals surface area contributed by atoms with Crippen LogP contribution in [0.1, 0.15) is 111 Å². The van der Waals surface area contributed by atoms with Crippen molar-refractivity contribution < 1.29 is 29.0 Å². The molecule has 4 amide bonds. The molecule has 2 aliphatic rings. The van der Waals surface area contributed by atoms with Crippen molar-refractivity contribution in [3.63, 3.8) is 0 Å². The van der Waals surface area contributed by atoms with Gasteiger partial charge in [0.25, 0.3) is 0 Å². The van der Waals surface area contributed by atoms with Gasteiger partial charge in [0.1, 0.15) is 17.7 Å². The van der Waals surface area contributed by atoms with Crippen LogP contribution in [0.4, 0.5) is 4.79 Å².